The molecule has 0 bridgehead atoms. The van der Waals surface area contributed by atoms with Crippen LogP contribution >= 0.6 is 11.8 Å². The number of rotatable bonds is 5. The van der Waals surface area contributed by atoms with Gasteiger partial charge in [-0.3, -0.25) is 4.79 Å². The van der Waals surface area contributed by atoms with Crippen LogP contribution in [0.1, 0.15) is 18.1 Å². The predicted octanol–water partition coefficient (Wildman–Crippen LogP) is 5.66. The van der Waals surface area contributed by atoms with E-state index >= 15 is 0 Å². The Bertz CT molecular complexity index is 1120. The lowest BCUT2D eigenvalue weighted by Crippen LogP contribution is -2.08. The van der Waals surface area contributed by atoms with Crippen molar-refractivity contribution < 1.29 is 9.53 Å². The van der Waals surface area contributed by atoms with Crippen molar-refractivity contribution in [3.05, 3.63) is 78.0 Å². The maximum Gasteiger partial charge on any atom is 0.310 e. The molecule has 0 spiro atoms. The minimum atomic E-state index is -0.182. The van der Waals surface area contributed by atoms with Gasteiger partial charge in [-0.15, -0.1) is 0 Å². The highest BCUT2D eigenvalue weighted by molar-refractivity contribution is 7.99. The molecule has 0 fully saturated rings. The number of fused-ring (bicyclic) bond motifs is 2. The molecule has 2 heterocycles. The highest BCUT2D eigenvalue weighted by Crippen LogP contribution is 2.38. The third-order valence-electron chi connectivity index (χ3n) is 4.74. The van der Waals surface area contributed by atoms with E-state index in [1.165, 1.54) is 15.7 Å². The van der Waals surface area contributed by atoms with Crippen LogP contribution in [0.25, 0.3) is 16.3 Å². The van der Waals surface area contributed by atoms with Gasteiger partial charge in [-0.1, -0.05) is 54.2 Å². The van der Waals surface area contributed by atoms with Crippen molar-refractivity contribution in [2.24, 2.45) is 0 Å². The van der Waals surface area contributed by atoms with Crippen molar-refractivity contribution in [2.45, 2.75) is 30.2 Å². The van der Waals surface area contributed by atoms with E-state index in [-0.39, 0.29) is 5.97 Å². The number of hydrogen-bond acceptors (Lipinski definition) is 3. The smallest absolute Gasteiger partial charge is 0.310 e. The first kappa shape index (κ1) is 17.7. The highest BCUT2D eigenvalue weighted by Gasteiger charge is 2.19. The molecule has 0 atom stereocenters. The molecule has 2 aromatic carbocycles. The average molecular weight is 375 g/mol. The van der Waals surface area contributed by atoms with Gasteiger partial charge in [-0.25, -0.2) is 0 Å². The molecule has 4 rings (SSSR count). The van der Waals surface area contributed by atoms with Crippen LogP contribution in [0.3, 0.4) is 0 Å². The molecular formula is C23H21NO2S. The summed E-state index contributed by atoms with van der Waals surface area (Å²) in [4.78, 5) is 13.3. The number of esters is 1. The van der Waals surface area contributed by atoms with E-state index in [9.17, 15) is 4.79 Å². The number of hydrogen-bond donors (Lipinski definition) is 0. The van der Waals surface area contributed by atoms with E-state index in [4.69, 9.17) is 4.74 Å². The molecule has 0 amide bonds. The SMILES string of the molecule is CCOC(=O)Cc1c(C)c(Sc2cccc3ccccc23)n2ccccc12. The summed E-state index contributed by atoms with van der Waals surface area (Å²) in [7, 11) is 0. The van der Waals surface area contributed by atoms with Crippen LogP contribution in [0, 0.1) is 6.92 Å². The zero-order valence-corrected chi connectivity index (χ0v) is 16.3. The van der Waals surface area contributed by atoms with E-state index in [0.717, 1.165) is 21.7 Å². The summed E-state index contributed by atoms with van der Waals surface area (Å²) >= 11 is 1.75. The molecule has 4 heteroatoms. The largest absolute Gasteiger partial charge is 0.466 e. The van der Waals surface area contributed by atoms with Crippen molar-refractivity contribution in [1.29, 1.82) is 0 Å². The molecule has 0 saturated heterocycles. The minimum absolute atomic E-state index is 0.182. The number of carbonyl (C=O) groups excluding carboxylic acids is 1. The average Bonchev–Trinajstić information content (AvgIpc) is 2.94. The van der Waals surface area contributed by atoms with Crippen LogP contribution < -0.4 is 0 Å². The lowest BCUT2D eigenvalue weighted by molar-refractivity contribution is -0.142. The monoisotopic (exact) mass is 375 g/mol. The standard InChI is InChI=1S/C23H21NO2S/c1-3-26-22(25)15-19-16(2)23(24-14-7-6-12-20(19)24)27-21-13-8-10-17-9-4-5-11-18(17)21/h4-14H,3,15H2,1-2H3. The van der Waals surface area contributed by atoms with Gasteiger partial charge in [-0.2, -0.15) is 0 Å². The fraction of sp³-hybridized carbons (Fsp3) is 0.174. The molecule has 0 saturated carbocycles. The van der Waals surface area contributed by atoms with Gasteiger partial charge in [0.1, 0.15) is 0 Å². The van der Waals surface area contributed by atoms with Gasteiger partial charge < -0.3 is 9.14 Å². The lowest BCUT2D eigenvalue weighted by Gasteiger charge is -2.08. The summed E-state index contributed by atoms with van der Waals surface area (Å²) in [6.07, 6.45) is 2.35. The van der Waals surface area contributed by atoms with Gasteiger partial charge in [-0.05, 0) is 53.9 Å². The summed E-state index contributed by atoms with van der Waals surface area (Å²) in [6, 6.07) is 20.9. The number of nitrogens with zero attached hydrogens (tertiary/aromatic N) is 1. The molecule has 0 aliphatic rings. The van der Waals surface area contributed by atoms with Crippen molar-refractivity contribution in [3.8, 4) is 0 Å². The topological polar surface area (TPSA) is 30.7 Å². The van der Waals surface area contributed by atoms with Crippen LogP contribution in [0.15, 0.2) is 76.8 Å². The molecule has 2 aromatic heterocycles. The van der Waals surface area contributed by atoms with E-state index in [1.807, 2.05) is 19.1 Å². The fourth-order valence-electron chi connectivity index (χ4n) is 3.46. The van der Waals surface area contributed by atoms with Crippen molar-refractivity contribution in [2.75, 3.05) is 6.61 Å². The second kappa shape index (κ2) is 7.49. The summed E-state index contributed by atoms with van der Waals surface area (Å²) in [5.74, 6) is -0.182. The van der Waals surface area contributed by atoms with Gasteiger partial charge in [0.2, 0.25) is 0 Å². The van der Waals surface area contributed by atoms with Crippen molar-refractivity contribution in [1.82, 2.24) is 4.40 Å². The Morgan fingerprint density at radius 3 is 2.67 bits per heavy atom. The van der Waals surface area contributed by atoms with Crippen molar-refractivity contribution in [3.63, 3.8) is 0 Å². The van der Waals surface area contributed by atoms with E-state index in [2.05, 4.69) is 66.1 Å². The number of benzene rings is 2. The maximum absolute atomic E-state index is 12.1. The molecule has 0 aliphatic heterocycles. The summed E-state index contributed by atoms with van der Waals surface area (Å²) in [5, 5.41) is 3.61. The zero-order valence-electron chi connectivity index (χ0n) is 15.4. The van der Waals surface area contributed by atoms with Crippen LogP contribution in [-0.4, -0.2) is 17.0 Å². The predicted molar refractivity (Wildman–Crippen MR) is 111 cm³/mol. The number of aromatic nitrogens is 1. The quantitative estimate of drug-likeness (QED) is 0.422. The number of ether oxygens (including phenoxy) is 1. The Hall–Kier alpha value is -2.72. The van der Waals surface area contributed by atoms with E-state index in [1.54, 1.807) is 11.8 Å². The summed E-state index contributed by atoms with van der Waals surface area (Å²) in [5.41, 5.74) is 3.23. The molecular weight excluding hydrogens is 354 g/mol. The van der Waals surface area contributed by atoms with Crippen molar-refractivity contribution >= 4 is 34.0 Å². The van der Waals surface area contributed by atoms with Gasteiger partial charge in [0, 0.05) is 11.1 Å². The fourth-order valence-corrected chi connectivity index (χ4v) is 4.65. The van der Waals surface area contributed by atoms with Gasteiger partial charge in [0.25, 0.3) is 0 Å². The molecule has 4 aromatic rings. The minimum Gasteiger partial charge on any atom is -0.466 e. The lowest BCUT2D eigenvalue weighted by atomic mass is 10.1. The molecule has 3 nitrogen and oxygen atoms in total. The Kier molecular flexibility index (Phi) is 4.90. The van der Waals surface area contributed by atoms with Crippen LogP contribution in [0.5, 0.6) is 0 Å². The molecule has 0 N–H and O–H groups in total. The van der Waals surface area contributed by atoms with Crippen LogP contribution in [0.4, 0.5) is 0 Å². The molecule has 27 heavy (non-hydrogen) atoms. The molecule has 0 aliphatic carbocycles. The third kappa shape index (κ3) is 3.33. The Labute approximate surface area is 163 Å². The summed E-state index contributed by atoms with van der Waals surface area (Å²) < 4.78 is 7.36. The molecule has 0 unspecified atom stereocenters. The van der Waals surface area contributed by atoms with Crippen LogP contribution in [-0.2, 0) is 16.0 Å². The Morgan fingerprint density at radius 2 is 1.81 bits per heavy atom. The van der Waals surface area contributed by atoms with E-state index < -0.39 is 0 Å². The third-order valence-corrected chi connectivity index (χ3v) is 6.02. The first-order valence-corrected chi connectivity index (χ1v) is 9.90. The van der Waals surface area contributed by atoms with Gasteiger partial charge in [0.05, 0.1) is 23.6 Å². The Balaban J connectivity index is 1.82. The zero-order chi connectivity index (χ0) is 18.8. The second-order valence-corrected chi connectivity index (χ2v) is 7.46. The first-order valence-electron chi connectivity index (χ1n) is 9.08. The molecule has 0 radical (unpaired) electrons. The molecule has 136 valence electrons. The normalized spacial score (nSPS) is 11.2. The van der Waals surface area contributed by atoms with Gasteiger partial charge in [0.15, 0.2) is 0 Å². The maximum atomic E-state index is 12.1. The van der Waals surface area contributed by atoms with Gasteiger partial charge >= 0.3 is 5.97 Å². The number of carbonyl (C=O) groups is 1. The second-order valence-electron chi connectivity index (χ2n) is 6.43. The van der Waals surface area contributed by atoms with Crippen LogP contribution in [0.2, 0.25) is 0 Å². The Morgan fingerprint density at radius 1 is 1.04 bits per heavy atom. The first-order chi connectivity index (χ1) is 13.2. The highest BCUT2D eigenvalue weighted by atomic mass is 32.2. The van der Waals surface area contributed by atoms with E-state index in [0.29, 0.717) is 13.0 Å². The summed E-state index contributed by atoms with van der Waals surface area (Å²) in [6.45, 7) is 4.33. The number of pyridine rings is 1.